The van der Waals surface area contributed by atoms with Crippen LogP contribution in [0.2, 0.25) is 0 Å². The van der Waals surface area contributed by atoms with E-state index in [1.54, 1.807) is 6.07 Å². The van der Waals surface area contributed by atoms with Gasteiger partial charge in [-0.25, -0.2) is 17.9 Å². The average Bonchev–Trinajstić information content (AvgIpc) is 3.03. The quantitative estimate of drug-likeness (QED) is 0.505. The summed E-state index contributed by atoms with van der Waals surface area (Å²) in [5, 5.41) is 0. The molecule has 3 aromatic rings. The summed E-state index contributed by atoms with van der Waals surface area (Å²) in [4.78, 5) is 16.6. The monoisotopic (exact) mass is 405 g/mol. The number of hydrogen-bond acceptors (Lipinski definition) is 5. The van der Waals surface area contributed by atoms with E-state index in [2.05, 4.69) is 14.7 Å². The highest BCUT2D eigenvalue weighted by atomic mass is 32.2. The molecule has 0 aliphatic rings. The van der Waals surface area contributed by atoms with Crippen molar-refractivity contribution in [1.82, 2.24) is 14.7 Å². The summed E-state index contributed by atoms with van der Waals surface area (Å²) in [7, 11) is -3.69. The minimum Gasteiger partial charge on any atom is -0.490 e. The third kappa shape index (κ3) is 4.55. The molecule has 0 saturated carbocycles. The van der Waals surface area contributed by atoms with Crippen molar-refractivity contribution in [2.75, 3.05) is 19.8 Å². The first-order chi connectivity index (χ1) is 13.4. The van der Waals surface area contributed by atoms with Crippen molar-refractivity contribution >= 4 is 21.1 Å². The Hall–Kier alpha value is -2.78. The first-order valence-electron chi connectivity index (χ1n) is 9.03. The second kappa shape index (κ2) is 8.49. The van der Waals surface area contributed by atoms with Crippen LogP contribution >= 0.6 is 0 Å². The Balaban J connectivity index is 1.68. The molecule has 0 unspecified atom stereocenters. The van der Waals surface area contributed by atoms with Gasteiger partial charge in [0, 0.05) is 6.54 Å². The predicted octanol–water partition coefficient (Wildman–Crippen LogP) is 2.17. The van der Waals surface area contributed by atoms with Crippen LogP contribution in [-0.2, 0) is 16.4 Å². The second-order valence-corrected chi connectivity index (χ2v) is 7.85. The normalized spacial score (nSPS) is 11.6. The van der Waals surface area contributed by atoms with Crippen molar-refractivity contribution in [3.8, 4) is 11.5 Å². The van der Waals surface area contributed by atoms with E-state index in [1.165, 1.54) is 12.1 Å². The van der Waals surface area contributed by atoms with Gasteiger partial charge in [-0.3, -0.25) is 0 Å². The fraction of sp³-hybridized carbons (Fsp3) is 0.316. The fourth-order valence-electron chi connectivity index (χ4n) is 2.84. The van der Waals surface area contributed by atoms with Crippen molar-refractivity contribution in [1.29, 1.82) is 0 Å². The van der Waals surface area contributed by atoms with Crippen LogP contribution in [0.4, 0.5) is 0 Å². The zero-order chi connectivity index (χ0) is 20.1. The summed E-state index contributed by atoms with van der Waals surface area (Å²) >= 11 is 0. The summed E-state index contributed by atoms with van der Waals surface area (Å²) in [5.74, 6) is 1.31. The van der Waals surface area contributed by atoms with E-state index in [0.29, 0.717) is 42.2 Å². The lowest BCUT2D eigenvalue weighted by Crippen LogP contribution is -2.26. The fourth-order valence-corrected chi connectivity index (χ4v) is 3.90. The molecule has 8 nitrogen and oxygen atoms in total. The van der Waals surface area contributed by atoms with Crippen LogP contribution in [-0.4, -0.2) is 38.1 Å². The molecule has 2 aromatic carbocycles. The van der Waals surface area contributed by atoms with Gasteiger partial charge in [0.15, 0.2) is 11.5 Å². The number of ether oxygens (including phenoxy) is 2. The van der Waals surface area contributed by atoms with E-state index in [0.717, 1.165) is 5.56 Å². The molecule has 3 N–H and O–H groups in total. The molecule has 28 heavy (non-hydrogen) atoms. The molecule has 9 heteroatoms. The second-order valence-electron chi connectivity index (χ2n) is 6.08. The van der Waals surface area contributed by atoms with Crippen LogP contribution < -0.4 is 19.9 Å². The average molecular weight is 405 g/mol. The lowest BCUT2D eigenvalue weighted by molar-refractivity contribution is 0.287. The van der Waals surface area contributed by atoms with Crippen LogP contribution in [0, 0.1) is 0 Å². The summed E-state index contributed by atoms with van der Waals surface area (Å²) in [5.41, 5.74) is 1.56. The number of rotatable bonds is 9. The summed E-state index contributed by atoms with van der Waals surface area (Å²) < 4.78 is 38.8. The maximum absolute atomic E-state index is 12.5. The van der Waals surface area contributed by atoms with Crippen LogP contribution in [0.3, 0.4) is 0 Å². The van der Waals surface area contributed by atoms with E-state index < -0.39 is 10.0 Å². The zero-order valence-corrected chi connectivity index (χ0v) is 16.6. The molecule has 0 bridgehead atoms. The standard InChI is InChI=1S/C19H23N3O5S/c1-3-26-17-8-5-13(11-18(17)27-4-2)9-10-20-28(24,25)14-6-7-15-16(12-14)22-19(23)21-15/h5-8,11-12,20H,3-4,9-10H2,1-2H3,(H2,21,22,23). The van der Waals surface area contributed by atoms with Gasteiger partial charge in [0.2, 0.25) is 10.0 Å². The van der Waals surface area contributed by atoms with Crippen molar-refractivity contribution in [3.05, 3.63) is 52.4 Å². The molecule has 1 aromatic heterocycles. The topological polar surface area (TPSA) is 113 Å². The molecule has 3 rings (SSSR count). The maximum atomic E-state index is 12.5. The Morgan fingerprint density at radius 1 is 0.929 bits per heavy atom. The number of aromatic amines is 2. The largest absolute Gasteiger partial charge is 0.490 e. The predicted molar refractivity (Wildman–Crippen MR) is 107 cm³/mol. The lowest BCUT2D eigenvalue weighted by Gasteiger charge is -2.13. The van der Waals surface area contributed by atoms with Gasteiger partial charge in [0.05, 0.1) is 29.1 Å². The molecule has 0 spiro atoms. The first kappa shape index (κ1) is 20.0. The highest BCUT2D eigenvalue weighted by Gasteiger charge is 2.15. The lowest BCUT2D eigenvalue weighted by atomic mass is 10.1. The molecule has 0 amide bonds. The number of hydrogen-bond donors (Lipinski definition) is 3. The van der Waals surface area contributed by atoms with Crippen molar-refractivity contribution in [3.63, 3.8) is 0 Å². The Kier molecular flexibility index (Phi) is 6.05. The van der Waals surface area contributed by atoms with Crippen molar-refractivity contribution in [2.45, 2.75) is 25.2 Å². The Labute approximate surface area is 162 Å². The van der Waals surface area contributed by atoms with Crippen LogP contribution in [0.5, 0.6) is 11.5 Å². The van der Waals surface area contributed by atoms with Gasteiger partial charge in [0.25, 0.3) is 0 Å². The Morgan fingerprint density at radius 3 is 2.39 bits per heavy atom. The smallest absolute Gasteiger partial charge is 0.323 e. The van der Waals surface area contributed by atoms with Gasteiger partial charge in [-0.1, -0.05) is 6.07 Å². The zero-order valence-electron chi connectivity index (χ0n) is 15.7. The van der Waals surface area contributed by atoms with Gasteiger partial charge >= 0.3 is 5.69 Å². The molecular weight excluding hydrogens is 382 g/mol. The maximum Gasteiger partial charge on any atom is 0.323 e. The van der Waals surface area contributed by atoms with Gasteiger partial charge in [-0.05, 0) is 56.2 Å². The number of imidazole rings is 1. The van der Waals surface area contributed by atoms with E-state index in [4.69, 9.17) is 9.47 Å². The molecule has 0 saturated heterocycles. The van der Waals surface area contributed by atoms with Crippen LogP contribution in [0.15, 0.2) is 46.1 Å². The van der Waals surface area contributed by atoms with Crippen molar-refractivity contribution < 1.29 is 17.9 Å². The van der Waals surface area contributed by atoms with E-state index >= 15 is 0 Å². The summed E-state index contributed by atoms with van der Waals surface area (Å²) in [6.45, 7) is 5.07. The minimum atomic E-state index is -3.69. The molecule has 0 aliphatic carbocycles. The SMILES string of the molecule is CCOc1ccc(CCNS(=O)(=O)c2ccc3[nH]c(=O)[nH]c3c2)cc1OCC. The number of H-pyrrole nitrogens is 2. The van der Waals surface area contributed by atoms with Crippen LogP contribution in [0.25, 0.3) is 11.0 Å². The Bertz CT molecular complexity index is 1120. The van der Waals surface area contributed by atoms with Crippen molar-refractivity contribution in [2.24, 2.45) is 0 Å². The molecule has 0 aliphatic heterocycles. The molecular formula is C19H23N3O5S. The van der Waals surface area contributed by atoms with E-state index in [-0.39, 0.29) is 17.1 Å². The number of aromatic nitrogens is 2. The number of sulfonamides is 1. The summed E-state index contributed by atoms with van der Waals surface area (Å²) in [6, 6.07) is 10.0. The number of nitrogens with one attached hydrogen (secondary N) is 3. The Morgan fingerprint density at radius 2 is 1.64 bits per heavy atom. The third-order valence-corrected chi connectivity index (χ3v) is 5.57. The van der Waals surface area contributed by atoms with Gasteiger partial charge in [-0.15, -0.1) is 0 Å². The molecule has 0 atom stereocenters. The summed E-state index contributed by atoms with van der Waals surface area (Å²) in [6.07, 6.45) is 0.495. The third-order valence-electron chi connectivity index (χ3n) is 4.11. The van der Waals surface area contributed by atoms with Gasteiger partial charge in [-0.2, -0.15) is 0 Å². The molecule has 150 valence electrons. The first-order valence-corrected chi connectivity index (χ1v) is 10.5. The van der Waals surface area contributed by atoms with Gasteiger partial charge in [0.1, 0.15) is 0 Å². The van der Waals surface area contributed by atoms with E-state index in [1.807, 2.05) is 32.0 Å². The highest BCUT2D eigenvalue weighted by molar-refractivity contribution is 7.89. The molecule has 0 radical (unpaired) electrons. The highest BCUT2D eigenvalue weighted by Crippen LogP contribution is 2.28. The van der Waals surface area contributed by atoms with E-state index in [9.17, 15) is 13.2 Å². The van der Waals surface area contributed by atoms with Crippen LogP contribution in [0.1, 0.15) is 19.4 Å². The minimum absolute atomic E-state index is 0.0944. The number of fused-ring (bicyclic) bond motifs is 1. The molecule has 1 heterocycles. The van der Waals surface area contributed by atoms with Gasteiger partial charge < -0.3 is 19.4 Å². The molecule has 0 fully saturated rings. The number of benzene rings is 2.